The van der Waals surface area contributed by atoms with Crippen LogP contribution in [-0.4, -0.2) is 5.78 Å². The van der Waals surface area contributed by atoms with E-state index in [0.29, 0.717) is 0 Å². The van der Waals surface area contributed by atoms with Gasteiger partial charge in [-0.25, -0.2) is 22.0 Å². The third-order valence-corrected chi connectivity index (χ3v) is 3.60. The van der Waals surface area contributed by atoms with Crippen molar-refractivity contribution in [1.29, 1.82) is 0 Å². The minimum absolute atomic E-state index is 0.126. The normalized spacial score (nSPS) is 10.8. The van der Waals surface area contributed by atoms with Crippen molar-refractivity contribution >= 4 is 28.7 Å². The Balaban J connectivity index is 2.71. The zero-order valence-electron chi connectivity index (χ0n) is 8.74. The quantitative estimate of drug-likeness (QED) is 0.349. The molecule has 100 valence electrons. The van der Waals surface area contributed by atoms with Crippen LogP contribution in [0.15, 0.2) is 11.4 Å². The standard InChI is InChI=1S/C11H2ClF5OS/c12-3-1-2-19-11(3)10(18)4-5(13)7(15)9(17)8(16)6(4)14/h1-2H. The molecule has 0 unspecified atom stereocenters. The smallest absolute Gasteiger partial charge is 0.210 e. The molecule has 0 aliphatic heterocycles. The molecule has 1 aromatic carbocycles. The van der Waals surface area contributed by atoms with E-state index >= 15 is 0 Å². The summed E-state index contributed by atoms with van der Waals surface area (Å²) in [4.78, 5) is 11.5. The van der Waals surface area contributed by atoms with Crippen LogP contribution in [0.25, 0.3) is 0 Å². The Bertz CT molecular complexity index is 653. The van der Waals surface area contributed by atoms with Crippen LogP contribution in [0.2, 0.25) is 5.02 Å². The zero-order valence-corrected chi connectivity index (χ0v) is 10.3. The summed E-state index contributed by atoms with van der Waals surface area (Å²) < 4.78 is 65.5. The van der Waals surface area contributed by atoms with Crippen molar-refractivity contribution < 1.29 is 26.7 Å². The van der Waals surface area contributed by atoms with Crippen LogP contribution in [0.4, 0.5) is 22.0 Å². The molecule has 0 radical (unpaired) electrons. The van der Waals surface area contributed by atoms with E-state index in [-0.39, 0.29) is 9.90 Å². The molecule has 8 heteroatoms. The highest BCUT2D eigenvalue weighted by Crippen LogP contribution is 2.29. The Morgan fingerprint density at radius 1 is 0.947 bits per heavy atom. The minimum Gasteiger partial charge on any atom is -0.287 e. The molecule has 0 aliphatic carbocycles. The van der Waals surface area contributed by atoms with Gasteiger partial charge in [0.2, 0.25) is 11.6 Å². The minimum atomic E-state index is -2.32. The molecule has 1 aromatic heterocycles. The molecule has 0 aliphatic rings. The summed E-state index contributed by atoms with van der Waals surface area (Å²) in [5.41, 5.74) is -1.51. The van der Waals surface area contributed by atoms with Crippen LogP contribution in [0.1, 0.15) is 15.2 Å². The van der Waals surface area contributed by atoms with Gasteiger partial charge in [-0.05, 0) is 11.4 Å². The first kappa shape index (κ1) is 14.0. The maximum absolute atomic E-state index is 13.4. The fourth-order valence-corrected chi connectivity index (χ4v) is 2.46. The first-order valence-corrected chi connectivity index (χ1v) is 5.91. The third-order valence-electron chi connectivity index (χ3n) is 2.26. The number of thiophene rings is 1. The maximum Gasteiger partial charge on any atom is 0.210 e. The lowest BCUT2D eigenvalue weighted by Gasteiger charge is -2.06. The largest absolute Gasteiger partial charge is 0.287 e. The summed E-state index contributed by atoms with van der Waals surface area (Å²) in [6, 6.07) is 1.27. The van der Waals surface area contributed by atoms with Crippen molar-refractivity contribution in [3.8, 4) is 0 Å². The van der Waals surface area contributed by atoms with Crippen molar-refractivity contribution in [3.05, 3.63) is 56.0 Å². The van der Waals surface area contributed by atoms with Gasteiger partial charge in [0, 0.05) is 0 Å². The lowest BCUT2D eigenvalue weighted by Crippen LogP contribution is -2.13. The number of hydrogen-bond donors (Lipinski definition) is 0. The first-order chi connectivity index (χ1) is 8.86. The van der Waals surface area contributed by atoms with Crippen LogP contribution in [-0.2, 0) is 0 Å². The molecule has 0 saturated carbocycles. The van der Waals surface area contributed by atoms with Gasteiger partial charge in [0.15, 0.2) is 23.3 Å². The van der Waals surface area contributed by atoms with Crippen LogP contribution < -0.4 is 0 Å². The van der Waals surface area contributed by atoms with Crippen molar-refractivity contribution in [2.24, 2.45) is 0 Å². The maximum atomic E-state index is 13.4. The fraction of sp³-hybridized carbons (Fsp3) is 0. The number of carbonyl (C=O) groups is 1. The molecule has 0 spiro atoms. The fourth-order valence-electron chi connectivity index (χ4n) is 1.37. The van der Waals surface area contributed by atoms with E-state index in [2.05, 4.69) is 0 Å². The number of halogens is 6. The summed E-state index contributed by atoms with van der Waals surface area (Å²) in [6.45, 7) is 0. The molecule has 19 heavy (non-hydrogen) atoms. The summed E-state index contributed by atoms with van der Waals surface area (Å²) in [5.74, 6) is -12.4. The average Bonchev–Trinajstić information content (AvgIpc) is 2.80. The number of hydrogen-bond acceptors (Lipinski definition) is 2. The second kappa shape index (κ2) is 4.90. The first-order valence-electron chi connectivity index (χ1n) is 4.65. The lowest BCUT2D eigenvalue weighted by atomic mass is 10.1. The van der Waals surface area contributed by atoms with Gasteiger partial charge in [0.1, 0.15) is 5.56 Å². The second-order valence-corrected chi connectivity index (χ2v) is 4.70. The van der Waals surface area contributed by atoms with Crippen molar-refractivity contribution in [2.75, 3.05) is 0 Å². The molecule has 1 heterocycles. The summed E-state index contributed by atoms with van der Waals surface area (Å²) in [7, 11) is 0. The molecular weight excluding hydrogens is 311 g/mol. The van der Waals surface area contributed by atoms with Crippen molar-refractivity contribution in [2.45, 2.75) is 0 Å². The highest BCUT2D eigenvalue weighted by atomic mass is 35.5. The number of rotatable bonds is 2. The van der Waals surface area contributed by atoms with Crippen molar-refractivity contribution in [1.82, 2.24) is 0 Å². The Labute approximate surface area is 112 Å². The summed E-state index contributed by atoms with van der Waals surface area (Å²) in [5, 5.41) is 1.22. The van der Waals surface area contributed by atoms with E-state index in [4.69, 9.17) is 11.6 Å². The van der Waals surface area contributed by atoms with Gasteiger partial charge in [-0.15, -0.1) is 11.3 Å². The monoisotopic (exact) mass is 312 g/mol. The molecular formula is C11H2ClF5OS. The van der Waals surface area contributed by atoms with E-state index in [0.717, 1.165) is 11.3 Å². The van der Waals surface area contributed by atoms with Gasteiger partial charge in [0.25, 0.3) is 0 Å². The molecule has 2 rings (SSSR count). The number of carbonyl (C=O) groups excluding carboxylic acids is 1. The SMILES string of the molecule is O=C(c1sccc1Cl)c1c(F)c(F)c(F)c(F)c1F. The Kier molecular flexibility index (Phi) is 3.60. The van der Waals surface area contributed by atoms with Crippen molar-refractivity contribution in [3.63, 3.8) is 0 Å². The highest BCUT2D eigenvalue weighted by molar-refractivity contribution is 7.13. The topological polar surface area (TPSA) is 17.1 Å². The Morgan fingerprint density at radius 3 is 1.84 bits per heavy atom. The summed E-state index contributed by atoms with van der Waals surface area (Å²) >= 11 is 6.32. The van der Waals surface area contributed by atoms with Gasteiger partial charge >= 0.3 is 0 Å². The van der Waals surface area contributed by atoms with Gasteiger partial charge in [-0.1, -0.05) is 11.6 Å². The molecule has 1 nitrogen and oxygen atoms in total. The van der Waals surface area contributed by atoms with E-state index in [1.54, 1.807) is 0 Å². The molecule has 2 aromatic rings. The number of ketones is 1. The lowest BCUT2D eigenvalue weighted by molar-refractivity contribution is 0.103. The van der Waals surface area contributed by atoms with Gasteiger partial charge in [-0.2, -0.15) is 0 Å². The average molecular weight is 313 g/mol. The van der Waals surface area contributed by atoms with Gasteiger partial charge in [0.05, 0.1) is 9.90 Å². The molecule has 0 bridgehead atoms. The third kappa shape index (κ3) is 2.12. The molecule has 0 amide bonds. The molecule has 0 saturated heterocycles. The van der Waals surface area contributed by atoms with Crippen LogP contribution in [0, 0.1) is 29.1 Å². The zero-order chi connectivity index (χ0) is 14.3. The molecule has 0 N–H and O–H groups in total. The van der Waals surface area contributed by atoms with E-state index in [9.17, 15) is 26.7 Å². The highest BCUT2D eigenvalue weighted by Gasteiger charge is 2.31. The molecule has 0 atom stereocenters. The molecule has 0 fully saturated rings. The predicted octanol–water partition coefficient (Wildman–Crippen LogP) is 4.33. The van der Waals surface area contributed by atoms with Crippen LogP contribution in [0.5, 0.6) is 0 Å². The Morgan fingerprint density at radius 2 is 1.42 bits per heavy atom. The number of benzene rings is 1. The predicted molar refractivity (Wildman–Crippen MR) is 59.0 cm³/mol. The van der Waals surface area contributed by atoms with Crippen LogP contribution >= 0.6 is 22.9 Å². The second-order valence-electron chi connectivity index (χ2n) is 3.37. The van der Waals surface area contributed by atoms with E-state index < -0.39 is 40.4 Å². The van der Waals surface area contributed by atoms with E-state index in [1.165, 1.54) is 11.4 Å². The summed E-state index contributed by atoms with van der Waals surface area (Å²) in [6.07, 6.45) is 0. The van der Waals surface area contributed by atoms with Gasteiger partial charge in [-0.3, -0.25) is 4.79 Å². The van der Waals surface area contributed by atoms with Gasteiger partial charge < -0.3 is 0 Å². The Hall–Kier alpha value is -1.47. The van der Waals surface area contributed by atoms with E-state index in [1.807, 2.05) is 0 Å². The van der Waals surface area contributed by atoms with Crippen LogP contribution in [0.3, 0.4) is 0 Å².